The summed E-state index contributed by atoms with van der Waals surface area (Å²) in [4.78, 5) is 15.2. The van der Waals surface area contributed by atoms with Crippen LogP contribution in [0, 0.1) is 16.7 Å². The predicted molar refractivity (Wildman–Crippen MR) is 99.5 cm³/mol. The molecule has 24 heavy (non-hydrogen) atoms. The Labute approximate surface area is 153 Å². The molecule has 1 amide bonds. The number of piperidine rings is 1. The lowest BCUT2D eigenvalue weighted by Gasteiger charge is -2.58. The van der Waals surface area contributed by atoms with Crippen LogP contribution in [0.2, 0.25) is 0 Å². The summed E-state index contributed by atoms with van der Waals surface area (Å²) in [7, 11) is 2.04. The molecule has 5 heteroatoms. The standard InChI is InChI=1S/C19H34N2O2.ClH/c1-5-19(6-2)15(12-16(19)23-7-3)21(4)17(22)14-13-18(14)8-10-20-11-9-18;/h14-16,20H,5-13H2,1-4H3;1H. The van der Waals surface area contributed by atoms with Crippen LogP contribution in [0.1, 0.15) is 59.3 Å². The highest BCUT2D eigenvalue weighted by Gasteiger charge is 2.61. The fourth-order valence-electron chi connectivity index (χ4n) is 5.46. The molecule has 0 aromatic carbocycles. The lowest BCUT2D eigenvalue weighted by molar-refractivity contribution is -0.178. The summed E-state index contributed by atoms with van der Waals surface area (Å²) < 4.78 is 5.98. The number of halogens is 1. The van der Waals surface area contributed by atoms with Crippen LogP contribution in [0.3, 0.4) is 0 Å². The van der Waals surface area contributed by atoms with E-state index >= 15 is 0 Å². The Kier molecular flexibility index (Phi) is 6.26. The first-order valence-corrected chi connectivity index (χ1v) is 9.63. The number of amides is 1. The Morgan fingerprint density at radius 1 is 1.21 bits per heavy atom. The van der Waals surface area contributed by atoms with E-state index in [4.69, 9.17) is 4.74 Å². The summed E-state index contributed by atoms with van der Waals surface area (Å²) in [5.74, 6) is 0.685. The minimum atomic E-state index is 0. The number of carbonyl (C=O) groups is 1. The molecule has 1 saturated heterocycles. The Morgan fingerprint density at radius 3 is 2.38 bits per heavy atom. The van der Waals surface area contributed by atoms with E-state index in [0.29, 0.717) is 23.5 Å². The molecule has 3 aliphatic rings. The third kappa shape index (κ3) is 2.99. The van der Waals surface area contributed by atoms with Crippen molar-refractivity contribution in [1.82, 2.24) is 10.2 Å². The highest BCUT2D eigenvalue weighted by molar-refractivity contribution is 5.85. The second kappa shape index (κ2) is 7.51. The van der Waals surface area contributed by atoms with Crippen LogP contribution < -0.4 is 5.32 Å². The smallest absolute Gasteiger partial charge is 0.226 e. The molecular weight excluding hydrogens is 324 g/mol. The molecule has 3 atom stereocenters. The highest BCUT2D eigenvalue weighted by Crippen LogP contribution is 2.60. The number of hydrogen-bond acceptors (Lipinski definition) is 3. The lowest BCUT2D eigenvalue weighted by Crippen LogP contribution is -2.65. The van der Waals surface area contributed by atoms with Gasteiger partial charge >= 0.3 is 0 Å². The van der Waals surface area contributed by atoms with Gasteiger partial charge in [-0.15, -0.1) is 12.4 Å². The maximum Gasteiger partial charge on any atom is 0.226 e. The molecule has 3 rings (SSSR count). The fourth-order valence-corrected chi connectivity index (χ4v) is 5.46. The molecule has 1 aliphatic heterocycles. The van der Waals surface area contributed by atoms with E-state index in [1.165, 1.54) is 12.8 Å². The van der Waals surface area contributed by atoms with Crippen molar-refractivity contribution in [2.75, 3.05) is 26.7 Å². The summed E-state index contributed by atoms with van der Waals surface area (Å²) in [6, 6.07) is 0.362. The van der Waals surface area contributed by atoms with E-state index in [1.54, 1.807) is 0 Å². The minimum absolute atomic E-state index is 0. The van der Waals surface area contributed by atoms with Gasteiger partial charge in [0.1, 0.15) is 0 Å². The Balaban J connectivity index is 0.00000208. The van der Waals surface area contributed by atoms with Gasteiger partial charge in [-0.3, -0.25) is 4.79 Å². The quantitative estimate of drug-likeness (QED) is 0.792. The zero-order valence-corrected chi connectivity index (χ0v) is 16.6. The predicted octanol–water partition coefficient (Wildman–Crippen LogP) is 3.24. The van der Waals surface area contributed by atoms with Crippen molar-refractivity contribution in [3.63, 3.8) is 0 Å². The number of hydrogen-bond donors (Lipinski definition) is 1. The van der Waals surface area contributed by atoms with Gasteiger partial charge in [-0.2, -0.15) is 0 Å². The van der Waals surface area contributed by atoms with Gasteiger partial charge in [-0.25, -0.2) is 0 Å². The van der Waals surface area contributed by atoms with Gasteiger partial charge in [0.05, 0.1) is 6.10 Å². The molecular formula is C19H35ClN2O2. The van der Waals surface area contributed by atoms with Crippen LogP contribution in [0.25, 0.3) is 0 Å². The van der Waals surface area contributed by atoms with Gasteiger partial charge < -0.3 is 15.0 Å². The summed E-state index contributed by atoms with van der Waals surface area (Å²) in [6.07, 6.45) is 7.00. The molecule has 0 radical (unpaired) electrons. The Hall–Kier alpha value is -0.320. The van der Waals surface area contributed by atoms with Gasteiger partial charge in [0, 0.05) is 31.0 Å². The van der Waals surface area contributed by atoms with E-state index < -0.39 is 0 Å². The van der Waals surface area contributed by atoms with Crippen molar-refractivity contribution in [3.8, 4) is 0 Å². The number of nitrogens with zero attached hydrogens (tertiary/aromatic N) is 1. The van der Waals surface area contributed by atoms with Gasteiger partial charge in [-0.1, -0.05) is 13.8 Å². The van der Waals surface area contributed by atoms with Gasteiger partial charge in [-0.05, 0) is 64.0 Å². The largest absolute Gasteiger partial charge is 0.378 e. The molecule has 1 spiro atoms. The maximum atomic E-state index is 13.1. The van der Waals surface area contributed by atoms with Crippen molar-refractivity contribution >= 4 is 18.3 Å². The highest BCUT2D eigenvalue weighted by atomic mass is 35.5. The topological polar surface area (TPSA) is 41.6 Å². The van der Waals surface area contributed by atoms with Crippen molar-refractivity contribution in [2.24, 2.45) is 16.7 Å². The first-order valence-electron chi connectivity index (χ1n) is 9.63. The van der Waals surface area contributed by atoms with Crippen LogP contribution in [0.15, 0.2) is 0 Å². The molecule has 1 heterocycles. The average Bonchev–Trinajstić information content (AvgIpc) is 3.25. The zero-order valence-electron chi connectivity index (χ0n) is 15.8. The van der Waals surface area contributed by atoms with E-state index in [2.05, 4.69) is 31.0 Å². The van der Waals surface area contributed by atoms with E-state index in [-0.39, 0.29) is 23.7 Å². The first kappa shape index (κ1) is 20.0. The van der Waals surface area contributed by atoms with E-state index in [0.717, 1.165) is 45.4 Å². The summed E-state index contributed by atoms with van der Waals surface area (Å²) in [5, 5.41) is 3.42. The summed E-state index contributed by atoms with van der Waals surface area (Å²) in [5.41, 5.74) is 0.497. The van der Waals surface area contributed by atoms with Crippen molar-refractivity contribution < 1.29 is 9.53 Å². The van der Waals surface area contributed by atoms with Crippen LogP contribution in [0.4, 0.5) is 0 Å². The monoisotopic (exact) mass is 358 g/mol. The SMILES string of the molecule is CCOC1CC(N(C)C(=O)C2CC23CCNCC3)C1(CC)CC.Cl. The van der Waals surface area contributed by atoms with Gasteiger partial charge in [0.2, 0.25) is 5.91 Å². The number of rotatable bonds is 6. The van der Waals surface area contributed by atoms with Crippen LogP contribution in [-0.4, -0.2) is 49.7 Å². The molecule has 0 aromatic heterocycles. The maximum absolute atomic E-state index is 13.1. The first-order chi connectivity index (χ1) is 11.0. The van der Waals surface area contributed by atoms with Crippen molar-refractivity contribution in [1.29, 1.82) is 0 Å². The van der Waals surface area contributed by atoms with E-state index in [9.17, 15) is 4.79 Å². The molecule has 2 saturated carbocycles. The summed E-state index contributed by atoms with van der Waals surface area (Å²) in [6.45, 7) is 9.52. The fraction of sp³-hybridized carbons (Fsp3) is 0.947. The molecule has 140 valence electrons. The molecule has 3 unspecified atom stereocenters. The second-order valence-corrected chi connectivity index (χ2v) is 7.95. The number of carbonyl (C=O) groups excluding carboxylic acids is 1. The zero-order chi connectivity index (χ0) is 16.7. The average molecular weight is 359 g/mol. The van der Waals surface area contributed by atoms with Crippen LogP contribution in [-0.2, 0) is 9.53 Å². The normalized spacial score (nSPS) is 32.6. The molecule has 2 aliphatic carbocycles. The Morgan fingerprint density at radius 2 is 1.83 bits per heavy atom. The summed E-state index contributed by atoms with van der Waals surface area (Å²) >= 11 is 0. The van der Waals surface area contributed by atoms with Crippen molar-refractivity contribution in [3.05, 3.63) is 0 Å². The molecule has 1 N–H and O–H groups in total. The third-order valence-electron chi connectivity index (χ3n) is 7.33. The van der Waals surface area contributed by atoms with Crippen LogP contribution >= 0.6 is 12.4 Å². The van der Waals surface area contributed by atoms with E-state index in [1.807, 2.05) is 7.05 Å². The van der Waals surface area contributed by atoms with Crippen molar-refractivity contribution in [2.45, 2.75) is 71.4 Å². The van der Waals surface area contributed by atoms with Gasteiger partial charge in [0.25, 0.3) is 0 Å². The minimum Gasteiger partial charge on any atom is -0.378 e. The third-order valence-corrected chi connectivity index (χ3v) is 7.33. The Bertz CT molecular complexity index is 447. The lowest BCUT2D eigenvalue weighted by atomic mass is 9.58. The second-order valence-electron chi connectivity index (χ2n) is 7.95. The molecule has 3 fully saturated rings. The van der Waals surface area contributed by atoms with Gasteiger partial charge in [0.15, 0.2) is 0 Å². The number of nitrogens with one attached hydrogen (secondary N) is 1. The van der Waals surface area contributed by atoms with Crippen LogP contribution in [0.5, 0.6) is 0 Å². The molecule has 4 nitrogen and oxygen atoms in total. The number of ether oxygens (including phenoxy) is 1. The molecule has 0 bridgehead atoms. The molecule has 0 aromatic rings.